The monoisotopic (exact) mass is 514 g/mol. The van der Waals surface area contributed by atoms with Gasteiger partial charge in [0.15, 0.2) is 6.10 Å². The van der Waals surface area contributed by atoms with Gasteiger partial charge in [-0.15, -0.1) is 0 Å². The lowest BCUT2D eigenvalue weighted by Gasteiger charge is -2.14. The molecule has 13 heteroatoms. The quantitative estimate of drug-likeness (QED) is 0.367. The van der Waals surface area contributed by atoms with Crippen molar-refractivity contribution in [3.63, 3.8) is 0 Å². The zero-order valence-electron chi connectivity index (χ0n) is 17.5. The summed E-state index contributed by atoms with van der Waals surface area (Å²) >= 11 is 6.26. The van der Waals surface area contributed by atoms with Gasteiger partial charge in [0.05, 0.1) is 10.6 Å². The summed E-state index contributed by atoms with van der Waals surface area (Å²) in [7, 11) is 0. The molecule has 2 amide bonds. The summed E-state index contributed by atoms with van der Waals surface area (Å²) in [5.74, 6) is -4.31. The number of alkyl halides is 3. The lowest BCUT2D eigenvalue weighted by Crippen LogP contribution is -2.34. The van der Waals surface area contributed by atoms with Crippen molar-refractivity contribution >= 4 is 34.9 Å². The Kier molecular flexibility index (Phi) is 7.56. The third-order valence-corrected chi connectivity index (χ3v) is 4.92. The van der Waals surface area contributed by atoms with Crippen molar-refractivity contribution in [2.45, 2.75) is 12.3 Å². The molecule has 1 atom stereocenters. The van der Waals surface area contributed by atoms with Crippen molar-refractivity contribution in [1.82, 2.24) is 10.3 Å². The molecule has 0 bridgehead atoms. The number of carbonyl (C=O) groups excluding carboxylic acids is 2. The number of rotatable bonds is 6. The number of carbonyl (C=O) groups is 2. The van der Waals surface area contributed by atoms with Crippen molar-refractivity contribution in [2.24, 2.45) is 0 Å². The van der Waals surface area contributed by atoms with E-state index in [1.165, 1.54) is 30.5 Å². The maximum absolute atomic E-state index is 13.3. The van der Waals surface area contributed by atoms with Crippen LogP contribution in [0.5, 0.6) is 0 Å². The number of halogens is 6. The number of aliphatic hydroxyl groups is 1. The first kappa shape index (κ1) is 25.8. The molecular formula is C22H16ClF5N4O3. The van der Waals surface area contributed by atoms with E-state index in [1.54, 1.807) is 5.32 Å². The number of anilines is 2. The smallest absolute Gasteiger partial charge is 0.383 e. The summed E-state index contributed by atoms with van der Waals surface area (Å²) in [5, 5.41) is 14.2. The molecule has 0 radical (unpaired) electrons. The SMILES string of the molecule is Nc1ncc(-c2ccc(NC(=O)C(O)c3cc(F)cc(F)c3)cc2Cl)cc1C(=O)NCC(F)(F)F. The first-order chi connectivity index (χ1) is 16.3. The molecule has 0 saturated carbocycles. The van der Waals surface area contributed by atoms with Gasteiger partial charge < -0.3 is 21.5 Å². The van der Waals surface area contributed by atoms with Gasteiger partial charge in [0.2, 0.25) is 0 Å². The second kappa shape index (κ2) is 10.2. The number of nitrogens with two attached hydrogens (primary N) is 1. The summed E-state index contributed by atoms with van der Waals surface area (Å²) < 4.78 is 63.8. The lowest BCUT2D eigenvalue weighted by atomic mass is 10.0. The van der Waals surface area contributed by atoms with Crippen molar-refractivity contribution < 1.29 is 36.6 Å². The number of benzene rings is 2. The van der Waals surface area contributed by atoms with Crippen molar-refractivity contribution in [1.29, 1.82) is 0 Å². The van der Waals surface area contributed by atoms with E-state index >= 15 is 0 Å². The predicted molar refractivity (Wildman–Crippen MR) is 117 cm³/mol. The number of nitrogens with zero attached hydrogens (tertiary/aromatic N) is 1. The van der Waals surface area contributed by atoms with Crippen LogP contribution in [0.15, 0.2) is 48.7 Å². The zero-order chi connectivity index (χ0) is 25.9. The molecule has 3 aromatic rings. The second-order valence-corrected chi connectivity index (χ2v) is 7.65. The van der Waals surface area contributed by atoms with Gasteiger partial charge in [-0.2, -0.15) is 13.2 Å². The molecule has 0 fully saturated rings. The van der Waals surface area contributed by atoms with E-state index < -0.39 is 42.3 Å². The van der Waals surface area contributed by atoms with Crippen LogP contribution in [0.2, 0.25) is 5.02 Å². The lowest BCUT2D eigenvalue weighted by molar-refractivity contribution is -0.124. The highest BCUT2D eigenvalue weighted by molar-refractivity contribution is 6.33. The molecule has 1 aromatic heterocycles. The standard InChI is InChI=1S/C22H16ClF5N4O3/c23-17-7-14(32-21(35)18(33)10-3-12(24)6-13(25)4-10)1-2-15(17)11-5-16(19(29)30-8-11)20(34)31-9-22(26,27)28/h1-8,18,33H,9H2,(H2,29,30)(H,31,34)(H,32,35). The number of pyridine rings is 1. The molecule has 1 unspecified atom stereocenters. The Balaban J connectivity index is 1.79. The Morgan fingerprint density at radius 3 is 2.34 bits per heavy atom. The summed E-state index contributed by atoms with van der Waals surface area (Å²) in [4.78, 5) is 28.2. The number of hydrogen-bond donors (Lipinski definition) is 4. The van der Waals surface area contributed by atoms with Gasteiger partial charge in [-0.3, -0.25) is 9.59 Å². The fraction of sp³-hybridized carbons (Fsp3) is 0.136. The molecule has 7 nitrogen and oxygen atoms in total. The number of hydrogen-bond acceptors (Lipinski definition) is 5. The molecule has 184 valence electrons. The Morgan fingerprint density at radius 2 is 1.74 bits per heavy atom. The molecule has 1 heterocycles. The molecule has 0 aliphatic rings. The van der Waals surface area contributed by atoms with Gasteiger partial charge in [-0.05, 0) is 35.9 Å². The fourth-order valence-corrected chi connectivity index (χ4v) is 3.29. The van der Waals surface area contributed by atoms with E-state index in [0.29, 0.717) is 11.6 Å². The normalized spacial score (nSPS) is 12.2. The van der Waals surface area contributed by atoms with Gasteiger partial charge in [-0.25, -0.2) is 13.8 Å². The Morgan fingerprint density at radius 1 is 1.09 bits per heavy atom. The van der Waals surface area contributed by atoms with Crippen LogP contribution in [0.4, 0.5) is 33.5 Å². The van der Waals surface area contributed by atoms with Crippen LogP contribution in [0.25, 0.3) is 11.1 Å². The summed E-state index contributed by atoms with van der Waals surface area (Å²) in [6, 6.07) is 7.47. The fourth-order valence-electron chi connectivity index (χ4n) is 3.00. The summed E-state index contributed by atoms with van der Waals surface area (Å²) in [5.41, 5.74) is 5.68. The summed E-state index contributed by atoms with van der Waals surface area (Å²) in [6.45, 7) is -1.56. The molecule has 3 rings (SSSR count). The predicted octanol–water partition coefficient (Wildman–Crippen LogP) is 4.23. The van der Waals surface area contributed by atoms with Crippen LogP contribution in [0.3, 0.4) is 0 Å². The minimum atomic E-state index is -4.62. The van der Waals surface area contributed by atoms with Crippen LogP contribution >= 0.6 is 11.6 Å². The molecule has 5 N–H and O–H groups in total. The van der Waals surface area contributed by atoms with Crippen molar-refractivity contribution in [3.05, 3.63) is 76.4 Å². The molecule has 2 aromatic carbocycles. The maximum atomic E-state index is 13.3. The van der Waals surface area contributed by atoms with Crippen LogP contribution in [-0.2, 0) is 4.79 Å². The topological polar surface area (TPSA) is 117 Å². The van der Waals surface area contributed by atoms with Gasteiger partial charge in [0.1, 0.15) is 24.0 Å². The van der Waals surface area contributed by atoms with Gasteiger partial charge in [0.25, 0.3) is 11.8 Å². The van der Waals surface area contributed by atoms with Crippen LogP contribution < -0.4 is 16.4 Å². The number of aromatic nitrogens is 1. The van der Waals surface area contributed by atoms with E-state index in [0.717, 1.165) is 12.1 Å². The minimum absolute atomic E-state index is 0.0438. The Hall–Kier alpha value is -3.77. The highest BCUT2D eigenvalue weighted by atomic mass is 35.5. The largest absolute Gasteiger partial charge is 0.405 e. The van der Waals surface area contributed by atoms with E-state index in [-0.39, 0.29) is 33.2 Å². The minimum Gasteiger partial charge on any atom is -0.383 e. The van der Waals surface area contributed by atoms with E-state index in [9.17, 15) is 36.6 Å². The molecule has 0 aliphatic heterocycles. The number of aliphatic hydroxyl groups excluding tert-OH is 1. The first-order valence-corrected chi connectivity index (χ1v) is 10.1. The van der Waals surface area contributed by atoms with Crippen LogP contribution in [0.1, 0.15) is 22.0 Å². The van der Waals surface area contributed by atoms with Crippen LogP contribution in [0, 0.1) is 11.6 Å². The molecule has 0 saturated heterocycles. The third-order valence-electron chi connectivity index (χ3n) is 4.61. The van der Waals surface area contributed by atoms with Gasteiger partial charge >= 0.3 is 6.18 Å². The molecule has 0 aliphatic carbocycles. The van der Waals surface area contributed by atoms with Crippen LogP contribution in [-0.4, -0.2) is 34.6 Å². The van der Waals surface area contributed by atoms with Gasteiger partial charge in [0, 0.05) is 29.1 Å². The molecular weight excluding hydrogens is 499 g/mol. The van der Waals surface area contributed by atoms with E-state index in [1.807, 2.05) is 0 Å². The van der Waals surface area contributed by atoms with Crippen molar-refractivity contribution in [2.75, 3.05) is 17.6 Å². The average molecular weight is 515 g/mol. The third kappa shape index (κ3) is 6.64. The average Bonchev–Trinajstić information content (AvgIpc) is 2.76. The number of nitrogen functional groups attached to an aromatic ring is 1. The van der Waals surface area contributed by atoms with Gasteiger partial charge in [-0.1, -0.05) is 17.7 Å². The highest BCUT2D eigenvalue weighted by Crippen LogP contribution is 2.32. The Bertz CT molecular complexity index is 1270. The van der Waals surface area contributed by atoms with E-state index in [2.05, 4.69) is 10.3 Å². The molecule has 35 heavy (non-hydrogen) atoms. The number of amides is 2. The van der Waals surface area contributed by atoms with E-state index in [4.69, 9.17) is 17.3 Å². The second-order valence-electron chi connectivity index (χ2n) is 7.24. The first-order valence-electron chi connectivity index (χ1n) is 9.69. The Labute approximate surface area is 199 Å². The zero-order valence-corrected chi connectivity index (χ0v) is 18.2. The van der Waals surface area contributed by atoms with Crippen molar-refractivity contribution in [3.8, 4) is 11.1 Å². The highest BCUT2D eigenvalue weighted by Gasteiger charge is 2.28. The summed E-state index contributed by atoms with van der Waals surface area (Å²) in [6.07, 6.45) is -5.25. The number of nitrogens with one attached hydrogen (secondary N) is 2. The maximum Gasteiger partial charge on any atom is 0.405 e. The molecule has 0 spiro atoms.